The first-order chi connectivity index (χ1) is 5.70. The molecule has 0 saturated heterocycles. The molecule has 0 aromatic carbocycles. The number of nitrogens with two attached hydrogens (primary N) is 2. The number of thiocarbonyl (C=S) groups is 1. The number of nitrogens with zero attached hydrogens (tertiary/aromatic N) is 1. The Labute approximate surface area is 76.1 Å². The fourth-order valence-corrected chi connectivity index (χ4v) is 0.897. The van der Waals surface area contributed by atoms with Crippen LogP contribution in [0.25, 0.3) is 5.70 Å². The Kier molecular flexibility index (Phi) is 2.76. The van der Waals surface area contributed by atoms with Crippen LogP contribution in [-0.4, -0.2) is 9.97 Å². The molecule has 12 heavy (non-hydrogen) atoms. The van der Waals surface area contributed by atoms with Crippen LogP contribution in [0.5, 0.6) is 0 Å². The summed E-state index contributed by atoms with van der Waals surface area (Å²) in [5, 5.41) is 0. The molecule has 0 amide bonds. The Bertz CT molecular complexity index is 305. The van der Waals surface area contributed by atoms with Crippen LogP contribution in [0.3, 0.4) is 0 Å². The first-order valence-corrected chi connectivity index (χ1v) is 3.78. The van der Waals surface area contributed by atoms with E-state index in [-0.39, 0.29) is 4.99 Å². The molecule has 0 bridgehead atoms. The molecule has 0 unspecified atom stereocenters. The van der Waals surface area contributed by atoms with Gasteiger partial charge in [-0.15, -0.1) is 0 Å². The molecule has 1 heterocycles. The minimum atomic E-state index is 0.274. The number of aromatic nitrogens is 1. The van der Waals surface area contributed by atoms with Gasteiger partial charge in [-0.1, -0.05) is 12.2 Å². The smallest absolute Gasteiger partial charge is 0.0982 e. The molecule has 1 rings (SSSR count). The number of hydrogen-bond donors (Lipinski definition) is 2. The monoisotopic (exact) mass is 179 g/mol. The predicted molar refractivity (Wildman–Crippen MR) is 53.2 cm³/mol. The molecule has 0 aliphatic heterocycles. The normalized spacial score (nSPS) is 11.2. The lowest BCUT2D eigenvalue weighted by Gasteiger charge is -1.98. The average molecular weight is 179 g/mol. The van der Waals surface area contributed by atoms with Crippen LogP contribution in [0, 0.1) is 0 Å². The number of pyridine rings is 1. The molecular formula is C8H9N3S. The van der Waals surface area contributed by atoms with Crippen LogP contribution >= 0.6 is 12.2 Å². The zero-order chi connectivity index (χ0) is 8.97. The van der Waals surface area contributed by atoms with Crippen LogP contribution in [0.4, 0.5) is 0 Å². The van der Waals surface area contributed by atoms with Gasteiger partial charge in [0.25, 0.3) is 0 Å². The van der Waals surface area contributed by atoms with E-state index in [9.17, 15) is 0 Å². The van der Waals surface area contributed by atoms with Crippen LogP contribution in [0.1, 0.15) is 5.56 Å². The van der Waals surface area contributed by atoms with Crippen molar-refractivity contribution in [2.45, 2.75) is 0 Å². The summed E-state index contributed by atoms with van der Waals surface area (Å²) in [6.07, 6.45) is 4.87. The van der Waals surface area contributed by atoms with Gasteiger partial charge in [0.2, 0.25) is 0 Å². The van der Waals surface area contributed by atoms with E-state index in [2.05, 4.69) is 17.2 Å². The molecule has 1 aromatic rings. The Hall–Kier alpha value is -1.42. The summed E-state index contributed by atoms with van der Waals surface area (Å²) in [6.45, 7) is 0. The second kappa shape index (κ2) is 3.82. The van der Waals surface area contributed by atoms with Crippen LogP contribution in [-0.2, 0) is 0 Å². The molecule has 0 aliphatic rings. The lowest BCUT2D eigenvalue weighted by Crippen LogP contribution is -2.07. The van der Waals surface area contributed by atoms with Crippen molar-refractivity contribution in [3.05, 3.63) is 36.2 Å². The maximum Gasteiger partial charge on any atom is 0.0982 e. The zero-order valence-electron chi connectivity index (χ0n) is 6.40. The molecule has 0 saturated carbocycles. The van der Waals surface area contributed by atoms with Crippen molar-refractivity contribution >= 4 is 22.9 Å². The van der Waals surface area contributed by atoms with Crippen molar-refractivity contribution < 1.29 is 0 Å². The fourth-order valence-electron chi connectivity index (χ4n) is 0.770. The maximum absolute atomic E-state index is 5.65. The van der Waals surface area contributed by atoms with E-state index < -0.39 is 0 Å². The second-order valence-electron chi connectivity index (χ2n) is 2.24. The number of hydrogen-bond acceptors (Lipinski definition) is 3. The van der Waals surface area contributed by atoms with E-state index in [0.717, 1.165) is 5.56 Å². The Morgan fingerprint density at radius 1 is 1.50 bits per heavy atom. The van der Waals surface area contributed by atoms with E-state index >= 15 is 0 Å². The van der Waals surface area contributed by atoms with Gasteiger partial charge < -0.3 is 11.5 Å². The molecule has 3 nitrogen and oxygen atoms in total. The van der Waals surface area contributed by atoms with E-state index in [1.165, 1.54) is 6.08 Å². The van der Waals surface area contributed by atoms with Crippen molar-refractivity contribution in [2.75, 3.05) is 0 Å². The van der Waals surface area contributed by atoms with Crippen LogP contribution in [0.2, 0.25) is 0 Å². The van der Waals surface area contributed by atoms with Gasteiger partial charge in [0.05, 0.1) is 4.99 Å². The van der Waals surface area contributed by atoms with Gasteiger partial charge >= 0.3 is 0 Å². The van der Waals surface area contributed by atoms with Gasteiger partial charge in [-0.2, -0.15) is 0 Å². The molecule has 1 aromatic heterocycles. The van der Waals surface area contributed by atoms with Gasteiger partial charge in [-0.05, 0) is 18.2 Å². The highest BCUT2D eigenvalue weighted by Gasteiger charge is 1.94. The van der Waals surface area contributed by atoms with Crippen LogP contribution < -0.4 is 11.5 Å². The van der Waals surface area contributed by atoms with E-state index in [1.54, 1.807) is 18.5 Å². The second-order valence-corrected chi connectivity index (χ2v) is 2.72. The van der Waals surface area contributed by atoms with Crippen molar-refractivity contribution in [1.82, 2.24) is 4.98 Å². The summed E-state index contributed by atoms with van der Waals surface area (Å²) in [6, 6.07) is 3.65. The molecule has 62 valence electrons. The third-order valence-corrected chi connectivity index (χ3v) is 1.41. The first kappa shape index (κ1) is 8.67. The maximum atomic E-state index is 5.65. The summed E-state index contributed by atoms with van der Waals surface area (Å²) in [5.74, 6) is 0. The third kappa shape index (κ3) is 2.32. The van der Waals surface area contributed by atoms with Crippen molar-refractivity contribution in [3.63, 3.8) is 0 Å². The topological polar surface area (TPSA) is 64.9 Å². The summed E-state index contributed by atoms with van der Waals surface area (Å²) >= 11 is 4.67. The molecule has 4 N–H and O–H groups in total. The summed E-state index contributed by atoms with van der Waals surface area (Å²) < 4.78 is 0. The summed E-state index contributed by atoms with van der Waals surface area (Å²) in [7, 11) is 0. The molecule has 0 radical (unpaired) electrons. The minimum absolute atomic E-state index is 0.274. The Morgan fingerprint density at radius 3 is 2.75 bits per heavy atom. The lowest BCUT2D eigenvalue weighted by atomic mass is 10.2. The van der Waals surface area contributed by atoms with Crippen molar-refractivity contribution in [2.24, 2.45) is 11.5 Å². The molecule has 0 fully saturated rings. The van der Waals surface area contributed by atoms with E-state index in [1.807, 2.05) is 6.07 Å². The standard InChI is InChI=1S/C8H9N3S/c9-7(4-8(10)12)6-2-1-3-11-5-6/h1-5H,9H2,(H2,10,12). The molecular weight excluding hydrogens is 170 g/mol. The van der Waals surface area contributed by atoms with Gasteiger partial charge in [-0.3, -0.25) is 4.98 Å². The highest BCUT2D eigenvalue weighted by Crippen LogP contribution is 2.04. The quantitative estimate of drug-likeness (QED) is 0.517. The summed E-state index contributed by atoms with van der Waals surface area (Å²) in [5.41, 5.74) is 12.3. The SMILES string of the molecule is NC(=S)C=C(N)c1cccnc1. The Balaban J connectivity index is 2.93. The van der Waals surface area contributed by atoms with Gasteiger partial charge in [0, 0.05) is 23.7 Å². The molecule has 0 atom stereocenters. The highest BCUT2D eigenvalue weighted by atomic mass is 32.1. The first-order valence-electron chi connectivity index (χ1n) is 3.37. The largest absolute Gasteiger partial charge is 0.398 e. The summed E-state index contributed by atoms with van der Waals surface area (Å²) in [4.78, 5) is 4.18. The van der Waals surface area contributed by atoms with E-state index in [0.29, 0.717) is 5.70 Å². The third-order valence-electron chi connectivity index (χ3n) is 1.29. The van der Waals surface area contributed by atoms with Gasteiger partial charge in [0.1, 0.15) is 0 Å². The minimum Gasteiger partial charge on any atom is -0.398 e. The van der Waals surface area contributed by atoms with Crippen molar-refractivity contribution in [3.8, 4) is 0 Å². The molecule has 4 heteroatoms. The zero-order valence-corrected chi connectivity index (χ0v) is 7.21. The average Bonchev–Trinajstić information content (AvgIpc) is 2.05. The predicted octanol–water partition coefficient (Wildman–Crippen LogP) is 0.667. The number of rotatable bonds is 2. The van der Waals surface area contributed by atoms with Crippen LogP contribution in [0.15, 0.2) is 30.6 Å². The van der Waals surface area contributed by atoms with Gasteiger partial charge in [0.15, 0.2) is 0 Å². The fraction of sp³-hybridized carbons (Fsp3) is 0. The highest BCUT2D eigenvalue weighted by molar-refractivity contribution is 7.80. The lowest BCUT2D eigenvalue weighted by molar-refractivity contribution is 1.30. The van der Waals surface area contributed by atoms with Gasteiger partial charge in [-0.25, -0.2) is 0 Å². The molecule has 0 spiro atoms. The van der Waals surface area contributed by atoms with E-state index in [4.69, 9.17) is 11.5 Å². The van der Waals surface area contributed by atoms with Crippen molar-refractivity contribution in [1.29, 1.82) is 0 Å². The Morgan fingerprint density at radius 2 is 2.25 bits per heavy atom. The molecule has 0 aliphatic carbocycles.